The molecule has 16 heavy (non-hydrogen) atoms. The van der Waals surface area contributed by atoms with E-state index in [0.717, 1.165) is 13.6 Å². The zero-order valence-corrected chi connectivity index (χ0v) is 12.3. The van der Waals surface area contributed by atoms with Crippen LogP contribution in [0.4, 0.5) is 0 Å². The summed E-state index contributed by atoms with van der Waals surface area (Å²) in [5.41, 5.74) is 1.50. The maximum Gasteiger partial charge on any atom is 0.124 e. The van der Waals surface area contributed by atoms with Gasteiger partial charge in [-0.15, -0.1) is 0 Å². The maximum atomic E-state index is 10.2. The van der Waals surface area contributed by atoms with Crippen molar-refractivity contribution in [1.29, 1.82) is 0 Å². The molecule has 1 atom stereocenters. The molecule has 2 aromatic rings. The first-order valence-corrected chi connectivity index (χ1v) is 6.57. The molecule has 0 aliphatic rings. The van der Waals surface area contributed by atoms with Gasteiger partial charge in [-0.3, -0.25) is 4.68 Å². The van der Waals surface area contributed by atoms with Crippen LogP contribution in [0.3, 0.4) is 0 Å². The number of halogens is 2. The SMILES string of the molecule is Cn1ccc(C(O)c2cc(I)ccc2Br)n1. The molecule has 1 heterocycles. The van der Waals surface area contributed by atoms with Gasteiger partial charge in [0.2, 0.25) is 0 Å². The normalized spacial score (nSPS) is 12.8. The van der Waals surface area contributed by atoms with Gasteiger partial charge in [0.05, 0.1) is 5.69 Å². The molecule has 3 nitrogen and oxygen atoms in total. The van der Waals surface area contributed by atoms with Crippen LogP contribution < -0.4 is 0 Å². The smallest absolute Gasteiger partial charge is 0.124 e. The van der Waals surface area contributed by atoms with E-state index in [1.165, 1.54) is 0 Å². The first-order valence-electron chi connectivity index (χ1n) is 4.70. The Morgan fingerprint density at radius 2 is 2.19 bits per heavy atom. The van der Waals surface area contributed by atoms with Gasteiger partial charge in [0.1, 0.15) is 6.10 Å². The summed E-state index contributed by atoms with van der Waals surface area (Å²) in [5, 5.41) is 14.4. The second-order valence-electron chi connectivity index (χ2n) is 3.48. The lowest BCUT2D eigenvalue weighted by molar-refractivity contribution is 0.213. The zero-order valence-electron chi connectivity index (χ0n) is 8.56. The van der Waals surface area contributed by atoms with E-state index < -0.39 is 6.10 Å². The largest absolute Gasteiger partial charge is 0.382 e. The molecule has 0 radical (unpaired) electrons. The van der Waals surface area contributed by atoms with E-state index in [1.54, 1.807) is 4.68 Å². The Morgan fingerprint density at radius 3 is 2.81 bits per heavy atom. The van der Waals surface area contributed by atoms with Gasteiger partial charge in [0.25, 0.3) is 0 Å². The average molecular weight is 393 g/mol. The third-order valence-electron chi connectivity index (χ3n) is 2.27. The molecule has 0 aliphatic carbocycles. The van der Waals surface area contributed by atoms with Crippen molar-refractivity contribution in [2.75, 3.05) is 0 Å². The number of aliphatic hydroxyl groups excluding tert-OH is 1. The highest BCUT2D eigenvalue weighted by molar-refractivity contribution is 14.1. The topological polar surface area (TPSA) is 38.0 Å². The van der Waals surface area contributed by atoms with Crippen molar-refractivity contribution in [1.82, 2.24) is 9.78 Å². The molecule has 0 amide bonds. The van der Waals surface area contributed by atoms with Crippen LogP contribution in [0.1, 0.15) is 17.4 Å². The molecule has 0 saturated carbocycles. The summed E-state index contributed by atoms with van der Waals surface area (Å²) >= 11 is 5.66. The lowest BCUT2D eigenvalue weighted by atomic mass is 10.1. The Labute approximate surface area is 116 Å². The lowest BCUT2D eigenvalue weighted by Gasteiger charge is -2.10. The van der Waals surface area contributed by atoms with Crippen molar-refractivity contribution < 1.29 is 5.11 Å². The van der Waals surface area contributed by atoms with E-state index in [1.807, 2.05) is 37.5 Å². The molecule has 1 unspecified atom stereocenters. The van der Waals surface area contributed by atoms with Crippen molar-refractivity contribution in [3.8, 4) is 0 Å². The van der Waals surface area contributed by atoms with Gasteiger partial charge in [-0.05, 0) is 46.9 Å². The summed E-state index contributed by atoms with van der Waals surface area (Å²) in [6.07, 6.45) is 1.13. The van der Waals surface area contributed by atoms with Gasteiger partial charge < -0.3 is 5.11 Å². The first kappa shape index (κ1) is 12.1. The van der Waals surface area contributed by atoms with E-state index in [2.05, 4.69) is 43.6 Å². The molecule has 1 aromatic carbocycles. The van der Waals surface area contributed by atoms with Gasteiger partial charge in [-0.2, -0.15) is 5.10 Å². The zero-order chi connectivity index (χ0) is 11.7. The fourth-order valence-corrected chi connectivity index (χ4v) is 2.44. The molecule has 0 fully saturated rings. The van der Waals surface area contributed by atoms with Gasteiger partial charge in [0, 0.05) is 26.9 Å². The quantitative estimate of drug-likeness (QED) is 0.798. The number of hydrogen-bond acceptors (Lipinski definition) is 2. The van der Waals surface area contributed by atoms with Crippen LogP contribution in [-0.4, -0.2) is 14.9 Å². The van der Waals surface area contributed by atoms with Crippen molar-refractivity contribution in [3.63, 3.8) is 0 Å². The molecule has 0 aliphatic heterocycles. The molecule has 2 rings (SSSR count). The standard InChI is InChI=1S/C11H10BrIN2O/c1-15-5-4-10(14-15)11(16)8-6-7(13)2-3-9(8)12/h2-6,11,16H,1H3. The van der Waals surface area contributed by atoms with E-state index in [0.29, 0.717) is 5.69 Å². The summed E-state index contributed by atoms with van der Waals surface area (Å²) in [6.45, 7) is 0. The van der Waals surface area contributed by atoms with Crippen LogP contribution in [0, 0.1) is 3.57 Å². The molecule has 1 aromatic heterocycles. The van der Waals surface area contributed by atoms with Crippen LogP contribution in [0.2, 0.25) is 0 Å². The second kappa shape index (κ2) is 4.85. The minimum Gasteiger partial charge on any atom is -0.382 e. The fourth-order valence-electron chi connectivity index (χ4n) is 1.46. The number of hydrogen-bond donors (Lipinski definition) is 1. The van der Waals surface area contributed by atoms with Gasteiger partial charge in [-0.25, -0.2) is 0 Å². The lowest BCUT2D eigenvalue weighted by Crippen LogP contribution is -2.03. The highest BCUT2D eigenvalue weighted by atomic mass is 127. The van der Waals surface area contributed by atoms with Crippen LogP contribution in [0.15, 0.2) is 34.9 Å². The Hall–Kier alpha value is -0.400. The molecular formula is C11H10BrIN2O. The molecule has 0 saturated heterocycles. The minimum absolute atomic E-state index is 0.658. The third-order valence-corrected chi connectivity index (χ3v) is 3.66. The molecule has 84 valence electrons. The van der Waals surface area contributed by atoms with Gasteiger partial charge >= 0.3 is 0 Å². The fraction of sp³-hybridized carbons (Fsp3) is 0.182. The van der Waals surface area contributed by atoms with Crippen molar-refractivity contribution in [2.45, 2.75) is 6.10 Å². The van der Waals surface area contributed by atoms with Crippen molar-refractivity contribution in [3.05, 3.63) is 49.8 Å². The maximum absolute atomic E-state index is 10.2. The Morgan fingerprint density at radius 1 is 1.44 bits per heavy atom. The summed E-state index contributed by atoms with van der Waals surface area (Å²) in [7, 11) is 1.83. The third kappa shape index (κ3) is 2.46. The summed E-state index contributed by atoms with van der Waals surface area (Å²) in [6, 6.07) is 7.68. The molecular weight excluding hydrogens is 383 g/mol. The molecule has 5 heteroatoms. The molecule has 0 spiro atoms. The number of aryl methyl sites for hydroxylation is 1. The summed E-state index contributed by atoms with van der Waals surface area (Å²) in [5.74, 6) is 0. The Kier molecular flexibility index (Phi) is 3.66. The minimum atomic E-state index is -0.690. The predicted molar refractivity (Wildman–Crippen MR) is 74.1 cm³/mol. The van der Waals surface area contributed by atoms with E-state index >= 15 is 0 Å². The monoisotopic (exact) mass is 392 g/mol. The molecule has 1 N–H and O–H groups in total. The number of benzene rings is 1. The Balaban J connectivity index is 2.40. The van der Waals surface area contributed by atoms with E-state index in [-0.39, 0.29) is 0 Å². The van der Waals surface area contributed by atoms with Gasteiger partial charge in [-0.1, -0.05) is 15.9 Å². The van der Waals surface area contributed by atoms with Crippen LogP contribution in [-0.2, 0) is 7.05 Å². The highest BCUT2D eigenvalue weighted by Crippen LogP contribution is 2.28. The van der Waals surface area contributed by atoms with Crippen molar-refractivity contribution >= 4 is 38.5 Å². The number of rotatable bonds is 2. The predicted octanol–water partition coefficient (Wildman–Crippen LogP) is 2.87. The van der Waals surface area contributed by atoms with Crippen molar-refractivity contribution in [2.24, 2.45) is 7.05 Å². The number of nitrogens with zero attached hydrogens (tertiary/aromatic N) is 2. The van der Waals surface area contributed by atoms with Crippen LogP contribution in [0.25, 0.3) is 0 Å². The first-order chi connectivity index (χ1) is 7.58. The second-order valence-corrected chi connectivity index (χ2v) is 5.58. The number of aromatic nitrogens is 2. The summed E-state index contributed by atoms with van der Waals surface area (Å²) < 4.78 is 3.66. The van der Waals surface area contributed by atoms with E-state index in [4.69, 9.17) is 0 Å². The van der Waals surface area contributed by atoms with Crippen LogP contribution >= 0.6 is 38.5 Å². The van der Waals surface area contributed by atoms with Gasteiger partial charge in [0.15, 0.2) is 0 Å². The average Bonchev–Trinajstić information content (AvgIpc) is 2.67. The summed E-state index contributed by atoms with van der Waals surface area (Å²) in [4.78, 5) is 0. The van der Waals surface area contributed by atoms with Crippen LogP contribution in [0.5, 0.6) is 0 Å². The Bertz CT molecular complexity index is 512. The highest BCUT2D eigenvalue weighted by Gasteiger charge is 2.16. The van der Waals surface area contributed by atoms with E-state index in [9.17, 15) is 5.11 Å². The number of aliphatic hydroxyl groups is 1. The molecule has 0 bridgehead atoms.